The number of nitrogens with zero attached hydrogens (tertiary/aromatic N) is 5. The third-order valence-corrected chi connectivity index (χ3v) is 5.21. The highest BCUT2D eigenvalue weighted by Gasteiger charge is 2.25. The molecule has 1 amide bonds. The third-order valence-electron chi connectivity index (χ3n) is 5.21. The van der Waals surface area contributed by atoms with Crippen molar-refractivity contribution in [2.45, 2.75) is 33.3 Å². The number of piperazine rings is 1. The molecule has 3 aromatic rings. The summed E-state index contributed by atoms with van der Waals surface area (Å²) in [5.74, 6) is 0.907. The quantitative estimate of drug-likeness (QED) is 0.641. The van der Waals surface area contributed by atoms with Crippen molar-refractivity contribution in [3.63, 3.8) is 0 Å². The number of benzene rings is 1. The van der Waals surface area contributed by atoms with Crippen molar-refractivity contribution >= 4 is 40.3 Å². The Labute approximate surface area is 187 Å². The standard InChI is InChI=1S/C23H29N7O2/c1-15-13-19(24)27-20-18(15)14-25-21(28-20)26-16-5-7-17(8-6-16)29-9-11-30(12-10-29)22(31)32-23(2,3)4/h5-8,13-14H,9-12H2,1-4H3,(H3,24,25,26,27,28). The lowest BCUT2D eigenvalue weighted by atomic mass is 10.2. The number of aryl methyl sites for hydroxylation is 1. The van der Waals surface area contributed by atoms with E-state index in [2.05, 4.69) is 25.2 Å². The number of nitrogens with two attached hydrogens (primary N) is 1. The molecule has 0 bridgehead atoms. The molecule has 3 N–H and O–H groups in total. The summed E-state index contributed by atoms with van der Waals surface area (Å²) in [4.78, 5) is 29.4. The van der Waals surface area contributed by atoms with Crippen molar-refractivity contribution in [2.75, 3.05) is 42.1 Å². The molecular weight excluding hydrogens is 406 g/mol. The van der Waals surface area contributed by atoms with E-state index in [0.717, 1.165) is 35.4 Å². The Morgan fingerprint density at radius 1 is 1.09 bits per heavy atom. The number of ether oxygens (including phenoxy) is 1. The number of amides is 1. The van der Waals surface area contributed by atoms with E-state index >= 15 is 0 Å². The van der Waals surface area contributed by atoms with E-state index in [4.69, 9.17) is 10.5 Å². The zero-order valence-electron chi connectivity index (χ0n) is 18.9. The van der Waals surface area contributed by atoms with E-state index in [1.807, 2.05) is 58.0 Å². The van der Waals surface area contributed by atoms with Gasteiger partial charge in [0.1, 0.15) is 11.4 Å². The van der Waals surface area contributed by atoms with E-state index in [9.17, 15) is 4.79 Å². The van der Waals surface area contributed by atoms with E-state index in [1.54, 1.807) is 11.1 Å². The number of hydrogen-bond donors (Lipinski definition) is 2. The number of carbonyl (C=O) groups excluding carboxylic acids is 1. The molecule has 0 aliphatic carbocycles. The molecule has 0 unspecified atom stereocenters. The molecule has 0 radical (unpaired) electrons. The van der Waals surface area contributed by atoms with Crippen LogP contribution < -0.4 is 16.0 Å². The highest BCUT2D eigenvalue weighted by Crippen LogP contribution is 2.23. The highest BCUT2D eigenvalue weighted by atomic mass is 16.6. The van der Waals surface area contributed by atoms with Crippen LogP contribution in [0.25, 0.3) is 11.0 Å². The summed E-state index contributed by atoms with van der Waals surface area (Å²) in [6.07, 6.45) is 1.50. The average molecular weight is 436 g/mol. The first-order valence-electron chi connectivity index (χ1n) is 10.7. The lowest BCUT2D eigenvalue weighted by molar-refractivity contribution is 0.0240. The number of hydrogen-bond acceptors (Lipinski definition) is 8. The fourth-order valence-corrected chi connectivity index (χ4v) is 3.61. The molecule has 9 nitrogen and oxygen atoms in total. The van der Waals surface area contributed by atoms with Crippen molar-refractivity contribution in [2.24, 2.45) is 0 Å². The van der Waals surface area contributed by atoms with E-state index in [1.165, 1.54) is 0 Å². The number of fused-ring (bicyclic) bond motifs is 1. The van der Waals surface area contributed by atoms with Gasteiger partial charge in [-0.25, -0.2) is 14.8 Å². The molecule has 1 aromatic carbocycles. The molecule has 0 saturated carbocycles. The van der Waals surface area contributed by atoms with E-state index in [0.29, 0.717) is 30.5 Å². The first-order valence-corrected chi connectivity index (χ1v) is 10.7. The zero-order valence-corrected chi connectivity index (χ0v) is 18.9. The summed E-state index contributed by atoms with van der Waals surface area (Å²) in [5, 5.41) is 4.10. The largest absolute Gasteiger partial charge is 0.444 e. The Morgan fingerprint density at radius 2 is 1.78 bits per heavy atom. The smallest absolute Gasteiger partial charge is 0.410 e. The molecule has 32 heavy (non-hydrogen) atoms. The molecule has 0 spiro atoms. The summed E-state index contributed by atoms with van der Waals surface area (Å²) in [6, 6.07) is 9.88. The Hall–Kier alpha value is -3.62. The molecule has 4 rings (SSSR count). The maximum atomic E-state index is 12.2. The minimum absolute atomic E-state index is 0.251. The second-order valence-corrected chi connectivity index (χ2v) is 8.92. The molecule has 1 fully saturated rings. The molecule has 1 saturated heterocycles. The van der Waals surface area contributed by atoms with Gasteiger partial charge in [-0.05, 0) is 63.6 Å². The summed E-state index contributed by atoms with van der Waals surface area (Å²) < 4.78 is 5.47. The lowest BCUT2D eigenvalue weighted by Crippen LogP contribution is -2.50. The van der Waals surface area contributed by atoms with Gasteiger partial charge in [-0.2, -0.15) is 4.98 Å². The number of anilines is 4. The van der Waals surface area contributed by atoms with Crippen LogP contribution in [-0.2, 0) is 4.74 Å². The fourth-order valence-electron chi connectivity index (χ4n) is 3.61. The average Bonchev–Trinajstić information content (AvgIpc) is 2.73. The Bertz CT molecular complexity index is 1120. The van der Waals surface area contributed by atoms with Gasteiger partial charge in [-0.3, -0.25) is 0 Å². The van der Waals surface area contributed by atoms with Gasteiger partial charge < -0.3 is 25.6 Å². The van der Waals surface area contributed by atoms with Crippen LogP contribution in [-0.4, -0.2) is 57.7 Å². The van der Waals surface area contributed by atoms with Crippen LogP contribution in [0.3, 0.4) is 0 Å². The predicted molar refractivity (Wildman–Crippen MR) is 126 cm³/mol. The van der Waals surface area contributed by atoms with Gasteiger partial charge in [0.15, 0.2) is 5.65 Å². The molecular formula is C23H29N7O2. The highest BCUT2D eigenvalue weighted by molar-refractivity contribution is 5.80. The zero-order chi connectivity index (χ0) is 22.9. The molecule has 168 valence electrons. The molecule has 2 aromatic heterocycles. The maximum Gasteiger partial charge on any atom is 0.410 e. The molecule has 1 aliphatic rings. The van der Waals surface area contributed by atoms with Crippen molar-refractivity contribution in [3.05, 3.63) is 42.1 Å². The van der Waals surface area contributed by atoms with Gasteiger partial charge in [0.2, 0.25) is 5.95 Å². The van der Waals surface area contributed by atoms with Gasteiger partial charge in [-0.15, -0.1) is 0 Å². The van der Waals surface area contributed by atoms with Gasteiger partial charge in [-0.1, -0.05) is 0 Å². The molecule has 3 heterocycles. The number of carbonyl (C=O) groups is 1. The minimum Gasteiger partial charge on any atom is -0.444 e. The lowest BCUT2D eigenvalue weighted by Gasteiger charge is -2.36. The summed E-state index contributed by atoms with van der Waals surface area (Å²) in [5.41, 5.74) is 8.90. The molecule has 0 atom stereocenters. The van der Waals surface area contributed by atoms with Gasteiger partial charge >= 0.3 is 6.09 Å². The number of nitrogen functional groups attached to an aromatic ring is 1. The molecule has 1 aliphatic heterocycles. The topological polar surface area (TPSA) is 110 Å². The predicted octanol–water partition coefficient (Wildman–Crippen LogP) is 3.72. The first kappa shape index (κ1) is 21.6. The van der Waals surface area contributed by atoms with E-state index in [-0.39, 0.29) is 6.09 Å². The fraction of sp³-hybridized carbons (Fsp3) is 0.391. The first-order chi connectivity index (χ1) is 15.2. The van der Waals surface area contributed by atoms with Crippen LogP contribution in [0.4, 0.5) is 27.9 Å². The number of aromatic nitrogens is 3. The number of nitrogens with one attached hydrogen (secondary N) is 1. The van der Waals surface area contributed by atoms with Crippen LogP contribution in [0.2, 0.25) is 0 Å². The minimum atomic E-state index is -0.479. The van der Waals surface area contributed by atoms with Crippen LogP contribution in [0.5, 0.6) is 0 Å². The van der Waals surface area contributed by atoms with Crippen LogP contribution in [0, 0.1) is 6.92 Å². The van der Waals surface area contributed by atoms with Crippen molar-refractivity contribution < 1.29 is 9.53 Å². The number of rotatable bonds is 3. The van der Waals surface area contributed by atoms with Gasteiger partial charge in [0.25, 0.3) is 0 Å². The Balaban J connectivity index is 1.38. The SMILES string of the molecule is Cc1cc(N)nc2nc(Nc3ccc(N4CCN(C(=O)OC(C)(C)C)CC4)cc3)ncc12. The Morgan fingerprint density at radius 3 is 2.44 bits per heavy atom. The normalized spacial score (nSPS) is 14.5. The third kappa shape index (κ3) is 4.99. The second-order valence-electron chi connectivity index (χ2n) is 8.92. The van der Waals surface area contributed by atoms with Crippen LogP contribution >= 0.6 is 0 Å². The van der Waals surface area contributed by atoms with Crippen LogP contribution in [0.15, 0.2) is 36.5 Å². The van der Waals surface area contributed by atoms with Crippen molar-refractivity contribution in [3.8, 4) is 0 Å². The summed E-state index contributed by atoms with van der Waals surface area (Å²) in [6.45, 7) is 10.4. The van der Waals surface area contributed by atoms with Crippen molar-refractivity contribution in [1.82, 2.24) is 19.9 Å². The molecule has 9 heteroatoms. The van der Waals surface area contributed by atoms with Crippen molar-refractivity contribution in [1.29, 1.82) is 0 Å². The van der Waals surface area contributed by atoms with Crippen LogP contribution in [0.1, 0.15) is 26.3 Å². The van der Waals surface area contributed by atoms with E-state index < -0.39 is 5.60 Å². The Kier molecular flexibility index (Phi) is 5.73. The maximum absolute atomic E-state index is 12.2. The van der Waals surface area contributed by atoms with Gasteiger partial charge in [0, 0.05) is 49.1 Å². The van der Waals surface area contributed by atoms with Gasteiger partial charge in [0.05, 0.1) is 0 Å². The number of pyridine rings is 1. The second kappa shape index (κ2) is 8.49. The summed E-state index contributed by atoms with van der Waals surface area (Å²) in [7, 11) is 0. The monoisotopic (exact) mass is 435 g/mol. The summed E-state index contributed by atoms with van der Waals surface area (Å²) >= 11 is 0.